The van der Waals surface area contributed by atoms with Crippen LogP contribution >= 0.6 is 23.2 Å². The maximum atomic E-state index is 6.37. The fourth-order valence-electron chi connectivity index (χ4n) is 3.31. The van der Waals surface area contributed by atoms with E-state index < -0.39 is 0 Å². The van der Waals surface area contributed by atoms with Crippen molar-refractivity contribution in [2.24, 2.45) is 5.41 Å². The van der Waals surface area contributed by atoms with Gasteiger partial charge in [-0.05, 0) is 42.4 Å². The molecule has 1 fully saturated rings. The Morgan fingerprint density at radius 3 is 2.62 bits per heavy atom. The highest BCUT2D eigenvalue weighted by Gasteiger charge is 2.32. The van der Waals surface area contributed by atoms with Gasteiger partial charge in [0, 0.05) is 30.2 Å². The first-order chi connectivity index (χ1) is 10.2. The van der Waals surface area contributed by atoms with Crippen LogP contribution < -0.4 is 5.32 Å². The maximum Gasteiger partial charge on any atom is 0.0587 e. The minimum absolute atomic E-state index is 0.323. The van der Waals surface area contributed by atoms with Gasteiger partial charge >= 0.3 is 0 Å². The summed E-state index contributed by atoms with van der Waals surface area (Å²) in [5, 5.41) is 5.06. The largest absolute Gasteiger partial charge is 0.383 e. The molecule has 1 aromatic rings. The van der Waals surface area contributed by atoms with Crippen LogP contribution in [0.15, 0.2) is 18.2 Å². The molecule has 0 amide bonds. The third-order valence-corrected chi connectivity index (χ3v) is 5.06. The molecule has 0 atom stereocenters. The summed E-state index contributed by atoms with van der Waals surface area (Å²) in [6.45, 7) is 2.71. The van der Waals surface area contributed by atoms with E-state index in [-0.39, 0.29) is 0 Å². The van der Waals surface area contributed by atoms with Crippen molar-refractivity contribution < 1.29 is 4.74 Å². The van der Waals surface area contributed by atoms with Crippen LogP contribution in [0.2, 0.25) is 10.0 Å². The Morgan fingerprint density at radius 2 is 1.95 bits per heavy atom. The molecule has 2 nitrogen and oxygen atoms in total. The maximum absolute atomic E-state index is 6.37. The molecule has 0 heterocycles. The van der Waals surface area contributed by atoms with Crippen molar-refractivity contribution >= 4 is 23.2 Å². The van der Waals surface area contributed by atoms with Crippen LogP contribution in [0, 0.1) is 5.41 Å². The van der Waals surface area contributed by atoms with E-state index in [0.29, 0.717) is 10.4 Å². The van der Waals surface area contributed by atoms with E-state index in [1.165, 1.54) is 37.7 Å². The van der Waals surface area contributed by atoms with Gasteiger partial charge in [-0.1, -0.05) is 48.5 Å². The second-order valence-electron chi connectivity index (χ2n) is 6.14. The topological polar surface area (TPSA) is 21.3 Å². The van der Waals surface area contributed by atoms with Crippen LogP contribution in [-0.2, 0) is 11.2 Å². The van der Waals surface area contributed by atoms with Crippen molar-refractivity contribution in [1.82, 2.24) is 5.32 Å². The average Bonchev–Trinajstić information content (AvgIpc) is 2.48. The van der Waals surface area contributed by atoms with Crippen LogP contribution in [-0.4, -0.2) is 26.8 Å². The fraction of sp³-hybridized carbons (Fsp3) is 0.647. The number of methoxy groups -OCH3 is 1. The fourth-order valence-corrected chi connectivity index (χ4v) is 3.79. The highest BCUT2D eigenvalue weighted by Crippen LogP contribution is 2.40. The smallest absolute Gasteiger partial charge is 0.0587 e. The first kappa shape index (κ1) is 17.1. The number of ether oxygens (including phenoxy) is 1. The zero-order valence-electron chi connectivity index (χ0n) is 12.8. The molecule has 118 valence electrons. The molecule has 21 heavy (non-hydrogen) atoms. The Balaban J connectivity index is 2.04. The molecule has 0 spiro atoms. The first-order valence-corrected chi connectivity index (χ1v) is 8.54. The van der Waals surface area contributed by atoms with Crippen LogP contribution in [0.4, 0.5) is 0 Å². The van der Waals surface area contributed by atoms with Crippen molar-refractivity contribution in [1.29, 1.82) is 0 Å². The molecule has 0 radical (unpaired) electrons. The van der Waals surface area contributed by atoms with E-state index in [1.54, 1.807) is 7.11 Å². The minimum Gasteiger partial charge on any atom is -0.383 e. The van der Waals surface area contributed by atoms with E-state index >= 15 is 0 Å². The molecule has 0 saturated heterocycles. The molecule has 1 aliphatic rings. The standard InChI is InChI=1S/C17H25Cl2NO/c1-21-10-9-20-13-17(7-3-2-4-8-17)12-14-5-6-15(18)11-16(14)19/h5-6,11,20H,2-4,7-10,12-13H2,1H3. The van der Waals surface area contributed by atoms with E-state index in [4.69, 9.17) is 27.9 Å². The Kier molecular flexibility index (Phi) is 6.81. The summed E-state index contributed by atoms with van der Waals surface area (Å²) in [5.41, 5.74) is 1.54. The van der Waals surface area contributed by atoms with E-state index in [1.807, 2.05) is 12.1 Å². The molecule has 1 aromatic carbocycles. The molecule has 2 rings (SSSR count). The molecule has 4 heteroatoms. The van der Waals surface area contributed by atoms with Crippen molar-refractivity contribution in [3.63, 3.8) is 0 Å². The summed E-state index contributed by atoms with van der Waals surface area (Å²) >= 11 is 12.4. The Bertz CT molecular complexity index is 444. The molecular formula is C17H25Cl2NO. The summed E-state index contributed by atoms with van der Waals surface area (Å²) in [4.78, 5) is 0. The van der Waals surface area contributed by atoms with Crippen molar-refractivity contribution in [3.8, 4) is 0 Å². The van der Waals surface area contributed by atoms with Gasteiger partial charge in [0.25, 0.3) is 0 Å². The number of halogens is 2. The molecule has 1 saturated carbocycles. The number of hydrogen-bond acceptors (Lipinski definition) is 2. The monoisotopic (exact) mass is 329 g/mol. The SMILES string of the molecule is COCCNCC1(Cc2ccc(Cl)cc2Cl)CCCCC1. The van der Waals surface area contributed by atoms with Gasteiger partial charge in [0.05, 0.1) is 6.61 Å². The zero-order chi connectivity index (χ0) is 15.1. The third-order valence-electron chi connectivity index (χ3n) is 4.48. The molecule has 0 bridgehead atoms. The van der Waals surface area contributed by atoms with Gasteiger partial charge in [-0.25, -0.2) is 0 Å². The summed E-state index contributed by atoms with van der Waals surface area (Å²) in [7, 11) is 1.74. The molecule has 1 N–H and O–H groups in total. The van der Waals surface area contributed by atoms with Gasteiger partial charge in [0.15, 0.2) is 0 Å². The van der Waals surface area contributed by atoms with Gasteiger partial charge in [0.2, 0.25) is 0 Å². The summed E-state index contributed by atoms with van der Waals surface area (Å²) < 4.78 is 5.12. The minimum atomic E-state index is 0.323. The predicted octanol–water partition coefficient (Wildman–Crippen LogP) is 4.72. The predicted molar refractivity (Wildman–Crippen MR) is 90.4 cm³/mol. The Labute approximate surface area is 138 Å². The lowest BCUT2D eigenvalue weighted by Gasteiger charge is -2.38. The summed E-state index contributed by atoms with van der Waals surface area (Å²) in [5.74, 6) is 0. The normalized spacial score (nSPS) is 17.9. The summed E-state index contributed by atoms with van der Waals surface area (Å²) in [6, 6.07) is 5.88. The highest BCUT2D eigenvalue weighted by atomic mass is 35.5. The molecular weight excluding hydrogens is 305 g/mol. The highest BCUT2D eigenvalue weighted by molar-refractivity contribution is 6.35. The quantitative estimate of drug-likeness (QED) is 0.730. The Hall–Kier alpha value is -0.280. The number of benzene rings is 1. The third kappa shape index (κ3) is 5.14. The van der Waals surface area contributed by atoms with Gasteiger partial charge in [-0.2, -0.15) is 0 Å². The van der Waals surface area contributed by atoms with E-state index in [0.717, 1.165) is 31.1 Å². The van der Waals surface area contributed by atoms with Crippen LogP contribution in [0.1, 0.15) is 37.7 Å². The number of nitrogens with one attached hydrogen (secondary N) is 1. The average molecular weight is 330 g/mol. The van der Waals surface area contributed by atoms with E-state index in [9.17, 15) is 0 Å². The lowest BCUT2D eigenvalue weighted by Crippen LogP contribution is -2.39. The molecule has 0 aliphatic heterocycles. The molecule has 0 unspecified atom stereocenters. The molecule has 0 aromatic heterocycles. The Morgan fingerprint density at radius 1 is 1.19 bits per heavy atom. The van der Waals surface area contributed by atoms with Gasteiger partial charge in [-0.3, -0.25) is 0 Å². The zero-order valence-corrected chi connectivity index (χ0v) is 14.3. The first-order valence-electron chi connectivity index (χ1n) is 7.79. The summed E-state index contributed by atoms with van der Waals surface area (Å²) in [6.07, 6.45) is 7.56. The lowest BCUT2D eigenvalue weighted by molar-refractivity contribution is 0.162. The van der Waals surface area contributed by atoms with Crippen LogP contribution in [0.3, 0.4) is 0 Å². The lowest BCUT2D eigenvalue weighted by atomic mass is 9.70. The van der Waals surface area contributed by atoms with Gasteiger partial charge in [-0.15, -0.1) is 0 Å². The van der Waals surface area contributed by atoms with Gasteiger partial charge < -0.3 is 10.1 Å². The number of hydrogen-bond donors (Lipinski definition) is 1. The van der Waals surface area contributed by atoms with Crippen LogP contribution in [0.25, 0.3) is 0 Å². The second-order valence-corrected chi connectivity index (χ2v) is 6.99. The van der Waals surface area contributed by atoms with Crippen molar-refractivity contribution in [3.05, 3.63) is 33.8 Å². The molecule has 1 aliphatic carbocycles. The van der Waals surface area contributed by atoms with Crippen molar-refractivity contribution in [2.75, 3.05) is 26.8 Å². The van der Waals surface area contributed by atoms with E-state index in [2.05, 4.69) is 11.4 Å². The van der Waals surface area contributed by atoms with Gasteiger partial charge in [0.1, 0.15) is 0 Å². The number of rotatable bonds is 7. The second kappa shape index (κ2) is 8.38. The van der Waals surface area contributed by atoms with Crippen molar-refractivity contribution in [2.45, 2.75) is 38.5 Å². The van der Waals surface area contributed by atoms with Crippen LogP contribution in [0.5, 0.6) is 0 Å².